The predicted octanol–water partition coefficient (Wildman–Crippen LogP) is 4.79. The zero-order valence-corrected chi connectivity index (χ0v) is 23.1. The molecule has 43 heavy (non-hydrogen) atoms. The summed E-state index contributed by atoms with van der Waals surface area (Å²) < 4.78 is 49.2. The number of nitrogens with zero attached hydrogens (tertiary/aromatic N) is 1. The van der Waals surface area contributed by atoms with Gasteiger partial charge in [-0.3, -0.25) is 4.79 Å². The highest BCUT2D eigenvalue weighted by atomic mass is 19.4. The third-order valence-corrected chi connectivity index (χ3v) is 6.85. The molecule has 10 nitrogen and oxygen atoms in total. The first-order valence-electron chi connectivity index (χ1n) is 13.7. The van der Waals surface area contributed by atoms with Crippen molar-refractivity contribution in [2.75, 3.05) is 6.61 Å². The number of alkyl halides is 3. The van der Waals surface area contributed by atoms with E-state index < -0.39 is 47.0 Å². The molecule has 13 heteroatoms. The van der Waals surface area contributed by atoms with Crippen LogP contribution in [0.3, 0.4) is 0 Å². The third kappa shape index (κ3) is 11.3. The monoisotopic (exact) mass is 609 g/mol. The maximum absolute atomic E-state index is 12.9. The van der Waals surface area contributed by atoms with Gasteiger partial charge < -0.3 is 29.6 Å². The van der Waals surface area contributed by atoms with Gasteiger partial charge in [0.05, 0.1) is 17.8 Å². The largest absolute Gasteiger partial charge is 0.491 e. The molecule has 0 unspecified atom stereocenters. The fourth-order valence-corrected chi connectivity index (χ4v) is 4.71. The number of carbonyl (C=O) groups excluding carboxylic acids is 1. The highest BCUT2D eigenvalue weighted by Gasteiger charge is 2.39. The van der Waals surface area contributed by atoms with Gasteiger partial charge in [0.15, 0.2) is 0 Å². The molecule has 0 amide bonds. The van der Waals surface area contributed by atoms with E-state index in [0.717, 1.165) is 12.1 Å². The van der Waals surface area contributed by atoms with E-state index in [1.807, 2.05) is 12.2 Å². The van der Waals surface area contributed by atoms with Crippen molar-refractivity contribution in [2.24, 2.45) is 11.8 Å². The fraction of sp³-hybridized carbons (Fsp3) is 0.433. The van der Waals surface area contributed by atoms with Crippen molar-refractivity contribution in [3.8, 4) is 11.5 Å². The Morgan fingerprint density at radius 2 is 1.84 bits per heavy atom. The number of aliphatic hydroxyl groups is 3. The molecule has 1 fully saturated rings. The highest BCUT2D eigenvalue weighted by Crippen LogP contribution is 2.36. The van der Waals surface area contributed by atoms with Gasteiger partial charge in [-0.15, -0.1) is 10.1 Å². The van der Waals surface area contributed by atoms with Crippen molar-refractivity contribution in [1.29, 1.82) is 0 Å². The second-order valence-corrected chi connectivity index (χ2v) is 10.1. The molecule has 3 rings (SSSR count). The van der Waals surface area contributed by atoms with Crippen LogP contribution in [0.5, 0.6) is 11.5 Å². The van der Waals surface area contributed by atoms with E-state index in [4.69, 9.17) is 9.47 Å². The lowest BCUT2D eigenvalue weighted by atomic mass is 9.89. The fourth-order valence-electron chi connectivity index (χ4n) is 4.71. The van der Waals surface area contributed by atoms with Crippen LogP contribution in [0.2, 0.25) is 0 Å². The normalized spacial score (nSPS) is 21.3. The van der Waals surface area contributed by atoms with Gasteiger partial charge in [0.25, 0.3) is 5.09 Å². The maximum atomic E-state index is 12.9. The van der Waals surface area contributed by atoms with Crippen molar-refractivity contribution in [3.05, 3.63) is 94.1 Å². The number of aliphatic hydroxyl groups excluding tert-OH is 3. The number of ether oxygens (including phenoxy) is 2. The summed E-state index contributed by atoms with van der Waals surface area (Å²) in [6, 6.07) is 10.6. The summed E-state index contributed by atoms with van der Waals surface area (Å²) in [6.45, 7) is -0.553. The van der Waals surface area contributed by atoms with E-state index in [9.17, 15) is 43.4 Å². The highest BCUT2D eigenvalue weighted by molar-refractivity contribution is 5.72. The summed E-state index contributed by atoms with van der Waals surface area (Å²) >= 11 is 0. The summed E-state index contributed by atoms with van der Waals surface area (Å²) in [5, 5.41) is 40.5. The van der Waals surface area contributed by atoms with E-state index in [-0.39, 0.29) is 43.5 Å². The summed E-state index contributed by atoms with van der Waals surface area (Å²) in [4.78, 5) is 26.8. The first-order valence-corrected chi connectivity index (χ1v) is 13.7. The smallest absolute Gasteiger partial charge is 0.416 e. The molecule has 0 spiro atoms. The van der Waals surface area contributed by atoms with Crippen LogP contribution in [0.15, 0.2) is 72.8 Å². The first-order chi connectivity index (χ1) is 20.4. The van der Waals surface area contributed by atoms with Gasteiger partial charge in [-0.25, -0.2) is 0 Å². The maximum Gasteiger partial charge on any atom is 0.416 e. The summed E-state index contributed by atoms with van der Waals surface area (Å²) in [5.74, 6) is -1.02. The number of unbranched alkanes of at least 4 members (excludes halogenated alkanes) is 1. The van der Waals surface area contributed by atoms with Gasteiger partial charge in [0.2, 0.25) is 0 Å². The number of allylic oxidation sites excluding steroid dienone is 2. The van der Waals surface area contributed by atoms with Crippen LogP contribution in [0.4, 0.5) is 13.2 Å². The molecule has 0 bridgehead atoms. The minimum atomic E-state index is -4.51. The van der Waals surface area contributed by atoms with Crippen LogP contribution >= 0.6 is 0 Å². The minimum absolute atomic E-state index is 0.0376. The van der Waals surface area contributed by atoms with Crippen LogP contribution in [0.1, 0.15) is 43.2 Å². The Labute approximate surface area is 246 Å². The van der Waals surface area contributed by atoms with Crippen LogP contribution in [-0.4, -0.2) is 51.3 Å². The molecule has 234 valence electrons. The zero-order chi connectivity index (χ0) is 31.4. The number of hydrogen-bond donors (Lipinski definition) is 3. The molecule has 1 aliphatic rings. The summed E-state index contributed by atoms with van der Waals surface area (Å²) in [7, 11) is 0. The molecule has 0 aliphatic heterocycles. The third-order valence-electron chi connectivity index (χ3n) is 6.85. The van der Waals surface area contributed by atoms with Gasteiger partial charge in [-0.2, -0.15) is 13.2 Å². The Kier molecular flexibility index (Phi) is 12.5. The van der Waals surface area contributed by atoms with E-state index in [0.29, 0.717) is 24.8 Å². The van der Waals surface area contributed by atoms with Gasteiger partial charge in [-0.05, 0) is 61.1 Å². The van der Waals surface area contributed by atoms with E-state index in [1.54, 1.807) is 24.3 Å². The van der Waals surface area contributed by atoms with Crippen LogP contribution in [0.25, 0.3) is 0 Å². The molecular weight excluding hydrogens is 575 g/mol. The van der Waals surface area contributed by atoms with Crippen LogP contribution in [-0.2, 0) is 22.4 Å². The number of halogens is 3. The molecule has 0 saturated heterocycles. The van der Waals surface area contributed by atoms with Crippen LogP contribution in [0, 0.1) is 22.0 Å². The molecule has 2 aromatic rings. The first kappa shape index (κ1) is 33.6. The molecular formula is C30H34F3NO9. The number of carbonyl (C=O) groups is 1. The van der Waals surface area contributed by atoms with E-state index in [2.05, 4.69) is 4.84 Å². The Morgan fingerprint density at radius 3 is 2.58 bits per heavy atom. The Bertz CT molecular complexity index is 1270. The van der Waals surface area contributed by atoms with Crippen molar-refractivity contribution >= 4 is 5.97 Å². The lowest BCUT2D eigenvalue weighted by Crippen LogP contribution is -2.21. The molecule has 0 heterocycles. The van der Waals surface area contributed by atoms with Gasteiger partial charge in [0, 0.05) is 18.8 Å². The summed E-state index contributed by atoms with van der Waals surface area (Å²) in [6.07, 6.45) is 1.23. The standard InChI is InChI=1S/C30H34F3NO9/c31-30(32,33)21-8-6-9-23(16-21)41-19-22(35)13-14-26-25(27(36)17-28(26)37)11-3-1-2-4-12-29(38)43-24-10-5-7-20(15-24)18-42-34(39)40/h1,3,5-10,13-16,22,25-28,35-37H,2,4,11-12,17-19H2/t22-,25-,26-,27+,28-/m1/s1. The minimum Gasteiger partial charge on any atom is -0.491 e. The lowest BCUT2D eigenvalue weighted by molar-refractivity contribution is -0.763. The Morgan fingerprint density at radius 1 is 1.09 bits per heavy atom. The zero-order valence-electron chi connectivity index (χ0n) is 23.1. The SMILES string of the molecule is O=C(CCCC=CC[C@@H]1[C@@H](C=C[C@@H](O)COc2cccc(C(F)(F)F)c2)[C@H](O)C[C@@H]1O)Oc1cccc(CO[N+](=O)[O-])c1. The summed E-state index contributed by atoms with van der Waals surface area (Å²) in [5.41, 5.74) is -0.380. The van der Waals surface area contributed by atoms with Crippen molar-refractivity contribution in [3.63, 3.8) is 0 Å². The Hall–Kier alpha value is -3.94. The number of rotatable bonds is 15. The molecule has 3 N–H and O–H groups in total. The molecule has 1 saturated carbocycles. The molecule has 1 aliphatic carbocycles. The molecule has 0 aromatic heterocycles. The Balaban J connectivity index is 1.41. The van der Waals surface area contributed by atoms with Crippen molar-refractivity contribution in [2.45, 2.75) is 63.2 Å². The molecule has 5 atom stereocenters. The van der Waals surface area contributed by atoms with Gasteiger partial charge in [-0.1, -0.05) is 42.5 Å². The second kappa shape index (κ2) is 16.1. The quantitative estimate of drug-likeness (QED) is 0.0647. The van der Waals surface area contributed by atoms with Crippen LogP contribution < -0.4 is 9.47 Å². The lowest BCUT2D eigenvalue weighted by Gasteiger charge is -2.19. The number of esters is 1. The van der Waals surface area contributed by atoms with E-state index in [1.165, 1.54) is 24.3 Å². The topological polar surface area (TPSA) is 149 Å². The average molecular weight is 610 g/mol. The van der Waals surface area contributed by atoms with Gasteiger partial charge in [0.1, 0.15) is 30.8 Å². The van der Waals surface area contributed by atoms with Crippen molar-refractivity contribution in [1.82, 2.24) is 0 Å². The number of hydrogen-bond acceptors (Lipinski definition) is 9. The van der Waals surface area contributed by atoms with E-state index >= 15 is 0 Å². The average Bonchev–Trinajstić information content (AvgIpc) is 3.22. The number of benzene rings is 2. The predicted molar refractivity (Wildman–Crippen MR) is 147 cm³/mol. The molecule has 0 radical (unpaired) electrons. The van der Waals surface area contributed by atoms with Gasteiger partial charge >= 0.3 is 12.1 Å². The molecule has 2 aromatic carbocycles. The second-order valence-electron chi connectivity index (χ2n) is 10.1. The van der Waals surface area contributed by atoms with Crippen molar-refractivity contribution < 1.29 is 52.7 Å².